The average molecular weight is 205 g/mol. The Bertz CT molecular complexity index is 428. The van der Waals surface area contributed by atoms with Gasteiger partial charge in [-0.2, -0.15) is 5.26 Å². The molecule has 1 heterocycles. The lowest BCUT2D eigenvalue weighted by Gasteiger charge is -2.09. The molecular formula is C11H15N3O. The Morgan fingerprint density at radius 1 is 1.47 bits per heavy atom. The standard InChI is InChI=1S/C11H15N3O/c1-9-4-5-10(8-13)11(15)14(9)7-3-2-6-12/h4-5H,2-3,6-7,12H2,1H3. The van der Waals surface area contributed by atoms with Crippen LogP contribution in [-0.2, 0) is 6.54 Å². The van der Waals surface area contributed by atoms with E-state index in [0.717, 1.165) is 18.5 Å². The van der Waals surface area contributed by atoms with E-state index in [1.165, 1.54) is 0 Å². The maximum atomic E-state index is 11.7. The quantitative estimate of drug-likeness (QED) is 0.738. The molecule has 4 heteroatoms. The summed E-state index contributed by atoms with van der Waals surface area (Å²) < 4.78 is 1.63. The molecule has 1 rings (SSSR count). The second-order valence-corrected chi connectivity index (χ2v) is 3.45. The van der Waals surface area contributed by atoms with Gasteiger partial charge in [-0.25, -0.2) is 0 Å². The molecule has 0 unspecified atom stereocenters. The third-order valence-corrected chi connectivity index (χ3v) is 2.35. The Kier molecular flexibility index (Phi) is 4.07. The average Bonchev–Trinajstić information content (AvgIpc) is 2.23. The fourth-order valence-corrected chi connectivity index (χ4v) is 1.45. The van der Waals surface area contributed by atoms with Gasteiger partial charge in [0.2, 0.25) is 0 Å². The van der Waals surface area contributed by atoms with Crippen LogP contribution in [0, 0.1) is 18.3 Å². The first-order valence-electron chi connectivity index (χ1n) is 5.01. The van der Waals surface area contributed by atoms with Gasteiger partial charge in [0.1, 0.15) is 11.6 Å². The Morgan fingerprint density at radius 2 is 2.20 bits per heavy atom. The van der Waals surface area contributed by atoms with E-state index in [4.69, 9.17) is 11.0 Å². The lowest BCUT2D eigenvalue weighted by Crippen LogP contribution is -2.24. The highest BCUT2D eigenvalue weighted by Crippen LogP contribution is 2.00. The van der Waals surface area contributed by atoms with E-state index in [2.05, 4.69) is 0 Å². The molecule has 1 aromatic heterocycles. The Hall–Kier alpha value is -1.60. The smallest absolute Gasteiger partial charge is 0.268 e. The molecular weight excluding hydrogens is 190 g/mol. The molecule has 0 spiro atoms. The first-order chi connectivity index (χ1) is 7.20. The second kappa shape index (κ2) is 5.32. The maximum Gasteiger partial charge on any atom is 0.268 e. The van der Waals surface area contributed by atoms with Crippen molar-refractivity contribution < 1.29 is 0 Å². The molecule has 80 valence electrons. The Balaban J connectivity index is 2.96. The van der Waals surface area contributed by atoms with Crippen molar-refractivity contribution in [3.8, 4) is 6.07 Å². The van der Waals surface area contributed by atoms with E-state index in [-0.39, 0.29) is 11.1 Å². The molecule has 0 aliphatic rings. The minimum absolute atomic E-state index is 0.200. The number of nitriles is 1. The van der Waals surface area contributed by atoms with Crippen LogP contribution in [0.3, 0.4) is 0 Å². The Labute approximate surface area is 88.9 Å². The summed E-state index contributed by atoms with van der Waals surface area (Å²) in [5.74, 6) is 0. The summed E-state index contributed by atoms with van der Waals surface area (Å²) >= 11 is 0. The second-order valence-electron chi connectivity index (χ2n) is 3.45. The van der Waals surface area contributed by atoms with Gasteiger partial charge in [0.05, 0.1) is 0 Å². The van der Waals surface area contributed by atoms with E-state index in [9.17, 15) is 4.79 Å². The number of unbranched alkanes of at least 4 members (excludes halogenated alkanes) is 1. The number of aromatic nitrogens is 1. The van der Waals surface area contributed by atoms with Gasteiger partial charge in [-0.1, -0.05) is 0 Å². The zero-order valence-corrected chi connectivity index (χ0v) is 8.86. The fourth-order valence-electron chi connectivity index (χ4n) is 1.45. The predicted molar refractivity (Wildman–Crippen MR) is 58.4 cm³/mol. The highest BCUT2D eigenvalue weighted by Gasteiger charge is 2.04. The first kappa shape index (κ1) is 11.5. The minimum atomic E-state index is -0.200. The lowest BCUT2D eigenvalue weighted by atomic mass is 10.2. The summed E-state index contributed by atoms with van der Waals surface area (Å²) in [4.78, 5) is 11.7. The SMILES string of the molecule is Cc1ccc(C#N)c(=O)n1CCCCN. The number of pyridine rings is 1. The number of nitrogens with zero attached hydrogens (tertiary/aromatic N) is 2. The molecule has 0 aliphatic carbocycles. The number of hydrogen-bond donors (Lipinski definition) is 1. The topological polar surface area (TPSA) is 71.8 Å². The van der Waals surface area contributed by atoms with Gasteiger partial charge < -0.3 is 10.3 Å². The number of nitrogens with two attached hydrogens (primary N) is 1. The number of hydrogen-bond acceptors (Lipinski definition) is 3. The molecule has 2 N–H and O–H groups in total. The maximum absolute atomic E-state index is 11.7. The molecule has 0 aromatic carbocycles. The predicted octanol–water partition coefficient (Wildman–Crippen LogP) is 0.767. The van der Waals surface area contributed by atoms with Gasteiger partial charge >= 0.3 is 0 Å². The molecule has 0 bridgehead atoms. The van der Waals surface area contributed by atoms with Crippen molar-refractivity contribution in [1.29, 1.82) is 5.26 Å². The third kappa shape index (κ3) is 2.67. The van der Waals surface area contributed by atoms with Crippen LogP contribution in [0.5, 0.6) is 0 Å². The van der Waals surface area contributed by atoms with Crippen LogP contribution in [0.25, 0.3) is 0 Å². The molecule has 0 saturated heterocycles. The van der Waals surface area contributed by atoms with E-state index < -0.39 is 0 Å². The van der Waals surface area contributed by atoms with Crippen LogP contribution < -0.4 is 11.3 Å². The van der Waals surface area contributed by atoms with Crippen molar-refractivity contribution in [2.75, 3.05) is 6.54 Å². The normalized spacial score (nSPS) is 9.93. The molecule has 0 aliphatic heterocycles. The molecule has 0 saturated carbocycles. The van der Waals surface area contributed by atoms with Crippen LogP contribution in [0.2, 0.25) is 0 Å². The van der Waals surface area contributed by atoms with Gasteiger partial charge in [0.25, 0.3) is 5.56 Å². The molecule has 0 radical (unpaired) electrons. The van der Waals surface area contributed by atoms with Crippen molar-refractivity contribution in [1.82, 2.24) is 4.57 Å². The van der Waals surface area contributed by atoms with Crippen LogP contribution in [0.4, 0.5) is 0 Å². The lowest BCUT2D eigenvalue weighted by molar-refractivity contribution is 0.585. The van der Waals surface area contributed by atoms with Crippen molar-refractivity contribution in [3.63, 3.8) is 0 Å². The number of aryl methyl sites for hydroxylation is 1. The van der Waals surface area contributed by atoms with E-state index in [1.807, 2.05) is 13.0 Å². The summed E-state index contributed by atoms with van der Waals surface area (Å²) in [7, 11) is 0. The summed E-state index contributed by atoms with van der Waals surface area (Å²) in [5, 5.41) is 8.72. The van der Waals surface area contributed by atoms with Crippen molar-refractivity contribution in [3.05, 3.63) is 33.7 Å². The van der Waals surface area contributed by atoms with Crippen molar-refractivity contribution in [2.45, 2.75) is 26.3 Å². The first-order valence-corrected chi connectivity index (χ1v) is 5.01. The zero-order valence-electron chi connectivity index (χ0n) is 8.86. The van der Waals surface area contributed by atoms with Crippen LogP contribution in [0.15, 0.2) is 16.9 Å². The van der Waals surface area contributed by atoms with E-state index in [0.29, 0.717) is 13.1 Å². The minimum Gasteiger partial charge on any atom is -0.330 e. The van der Waals surface area contributed by atoms with Crippen LogP contribution in [-0.4, -0.2) is 11.1 Å². The van der Waals surface area contributed by atoms with Gasteiger partial charge in [-0.15, -0.1) is 0 Å². The van der Waals surface area contributed by atoms with Gasteiger partial charge in [0.15, 0.2) is 0 Å². The highest BCUT2D eigenvalue weighted by molar-refractivity contribution is 5.27. The van der Waals surface area contributed by atoms with Crippen LogP contribution >= 0.6 is 0 Å². The molecule has 0 amide bonds. The van der Waals surface area contributed by atoms with Crippen molar-refractivity contribution >= 4 is 0 Å². The number of rotatable bonds is 4. The zero-order chi connectivity index (χ0) is 11.3. The van der Waals surface area contributed by atoms with E-state index in [1.54, 1.807) is 16.7 Å². The largest absolute Gasteiger partial charge is 0.330 e. The molecule has 0 atom stereocenters. The van der Waals surface area contributed by atoms with Gasteiger partial charge in [-0.05, 0) is 38.4 Å². The molecule has 4 nitrogen and oxygen atoms in total. The Morgan fingerprint density at radius 3 is 2.80 bits per heavy atom. The highest BCUT2D eigenvalue weighted by atomic mass is 16.1. The van der Waals surface area contributed by atoms with Gasteiger partial charge in [-0.3, -0.25) is 4.79 Å². The monoisotopic (exact) mass is 205 g/mol. The molecule has 0 fully saturated rings. The van der Waals surface area contributed by atoms with E-state index >= 15 is 0 Å². The van der Waals surface area contributed by atoms with Crippen LogP contribution in [0.1, 0.15) is 24.1 Å². The third-order valence-electron chi connectivity index (χ3n) is 2.35. The van der Waals surface area contributed by atoms with Crippen molar-refractivity contribution in [2.24, 2.45) is 5.73 Å². The summed E-state index contributed by atoms with van der Waals surface area (Å²) in [6.45, 7) is 3.13. The molecule has 1 aromatic rings. The summed E-state index contributed by atoms with van der Waals surface area (Å²) in [6.07, 6.45) is 1.76. The summed E-state index contributed by atoms with van der Waals surface area (Å²) in [5.41, 5.74) is 6.27. The fraction of sp³-hybridized carbons (Fsp3) is 0.455. The molecule has 15 heavy (non-hydrogen) atoms. The summed E-state index contributed by atoms with van der Waals surface area (Å²) in [6, 6.07) is 5.26. The van der Waals surface area contributed by atoms with Gasteiger partial charge in [0, 0.05) is 12.2 Å².